The minimum atomic E-state index is -0.288. The standard InChI is InChI=1S/C11H15BrFNO2/c1-8-6-9(12)10(13)7-11(8)14-2-4-16-5-3-15/h6-7,14-15H,2-5H2,1H3. The molecule has 0 saturated carbocycles. The molecule has 2 N–H and O–H groups in total. The maximum atomic E-state index is 13.2. The number of halogens is 2. The summed E-state index contributed by atoms with van der Waals surface area (Å²) in [7, 11) is 0. The highest BCUT2D eigenvalue weighted by Crippen LogP contribution is 2.23. The molecule has 0 amide bonds. The lowest BCUT2D eigenvalue weighted by molar-refractivity contribution is 0.0992. The number of aliphatic hydroxyl groups is 1. The van der Waals surface area contributed by atoms with Gasteiger partial charge in [-0.2, -0.15) is 0 Å². The first-order chi connectivity index (χ1) is 7.65. The molecule has 0 aliphatic carbocycles. The SMILES string of the molecule is Cc1cc(Br)c(F)cc1NCCOCCO. The monoisotopic (exact) mass is 291 g/mol. The maximum absolute atomic E-state index is 13.2. The van der Waals surface area contributed by atoms with E-state index in [2.05, 4.69) is 21.2 Å². The summed E-state index contributed by atoms with van der Waals surface area (Å²) in [4.78, 5) is 0. The zero-order valence-corrected chi connectivity index (χ0v) is 10.7. The Balaban J connectivity index is 2.45. The van der Waals surface area contributed by atoms with Crippen LogP contribution < -0.4 is 5.32 Å². The molecule has 0 aliphatic rings. The summed E-state index contributed by atoms with van der Waals surface area (Å²) in [5.74, 6) is -0.288. The molecule has 0 aromatic heterocycles. The van der Waals surface area contributed by atoms with Gasteiger partial charge in [-0.15, -0.1) is 0 Å². The van der Waals surface area contributed by atoms with E-state index in [1.807, 2.05) is 6.92 Å². The van der Waals surface area contributed by atoms with Gasteiger partial charge in [0.1, 0.15) is 5.82 Å². The van der Waals surface area contributed by atoms with E-state index in [4.69, 9.17) is 9.84 Å². The molecule has 1 aromatic carbocycles. The fourth-order valence-electron chi connectivity index (χ4n) is 1.26. The number of hydrogen-bond donors (Lipinski definition) is 2. The first kappa shape index (κ1) is 13.4. The van der Waals surface area contributed by atoms with Crippen LogP contribution in [0.25, 0.3) is 0 Å². The molecule has 0 heterocycles. The van der Waals surface area contributed by atoms with Crippen molar-refractivity contribution in [3.63, 3.8) is 0 Å². The van der Waals surface area contributed by atoms with Crippen LogP contribution in [0.15, 0.2) is 16.6 Å². The Kier molecular flexibility index (Phi) is 5.73. The van der Waals surface area contributed by atoms with Crippen LogP contribution in [-0.4, -0.2) is 31.5 Å². The number of hydrogen-bond acceptors (Lipinski definition) is 3. The van der Waals surface area contributed by atoms with E-state index in [-0.39, 0.29) is 12.4 Å². The fraction of sp³-hybridized carbons (Fsp3) is 0.455. The number of benzene rings is 1. The molecule has 5 heteroatoms. The van der Waals surface area contributed by atoms with Crippen molar-refractivity contribution in [1.82, 2.24) is 0 Å². The summed E-state index contributed by atoms with van der Waals surface area (Å²) in [6.45, 7) is 3.32. The van der Waals surface area contributed by atoms with Gasteiger partial charge in [0.25, 0.3) is 0 Å². The summed E-state index contributed by atoms with van der Waals surface area (Å²) in [6, 6.07) is 3.18. The Labute approximate surface area is 103 Å². The predicted molar refractivity (Wildman–Crippen MR) is 65.2 cm³/mol. The summed E-state index contributed by atoms with van der Waals surface area (Å²) >= 11 is 3.13. The molecule has 0 bridgehead atoms. The summed E-state index contributed by atoms with van der Waals surface area (Å²) < 4.78 is 18.8. The molecule has 1 aromatic rings. The Morgan fingerprint density at radius 3 is 2.88 bits per heavy atom. The lowest BCUT2D eigenvalue weighted by Gasteiger charge is -2.10. The number of aliphatic hydroxyl groups excluding tert-OH is 1. The molecule has 0 saturated heterocycles. The quantitative estimate of drug-likeness (QED) is 0.791. The molecule has 90 valence electrons. The molecule has 0 atom stereocenters. The summed E-state index contributed by atoms with van der Waals surface area (Å²) in [6.07, 6.45) is 0. The minimum Gasteiger partial charge on any atom is -0.394 e. The average molecular weight is 292 g/mol. The zero-order valence-electron chi connectivity index (χ0n) is 9.09. The van der Waals surface area contributed by atoms with Crippen LogP contribution in [0.2, 0.25) is 0 Å². The van der Waals surface area contributed by atoms with Crippen molar-refractivity contribution in [3.05, 3.63) is 28.0 Å². The molecule has 0 aliphatic heterocycles. The van der Waals surface area contributed by atoms with Gasteiger partial charge in [0.15, 0.2) is 0 Å². The molecule has 0 unspecified atom stereocenters. The largest absolute Gasteiger partial charge is 0.394 e. The van der Waals surface area contributed by atoms with E-state index in [0.29, 0.717) is 24.2 Å². The highest BCUT2D eigenvalue weighted by molar-refractivity contribution is 9.10. The van der Waals surface area contributed by atoms with Crippen LogP contribution in [0.5, 0.6) is 0 Å². The number of aryl methyl sites for hydroxylation is 1. The summed E-state index contributed by atoms with van der Waals surface area (Å²) in [5, 5.41) is 11.6. The Bertz CT molecular complexity index is 347. The van der Waals surface area contributed by atoms with E-state index >= 15 is 0 Å². The van der Waals surface area contributed by atoms with E-state index in [1.54, 1.807) is 6.07 Å². The molecule has 16 heavy (non-hydrogen) atoms. The van der Waals surface area contributed by atoms with E-state index < -0.39 is 0 Å². The Morgan fingerprint density at radius 2 is 2.19 bits per heavy atom. The molecule has 1 rings (SSSR count). The first-order valence-electron chi connectivity index (χ1n) is 5.03. The van der Waals surface area contributed by atoms with Crippen LogP contribution in [-0.2, 0) is 4.74 Å². The van der Waals surface area contributed by atoms with E-state index in [1.165, 1.54) is 6.07 Å². The van der Waals surface area contributed by atoms with Crippen molar-refractivity contribution in [1.29, 1.82) is 0 Å². The molecular formula is C11H15BrFNO2. The average Bonchev–Trinajstić information content (AvgIpc) is 2.25. The Hall–Kier alpha value is -0.650. The van der Waals surface area contributed by atoms with Crippen molar-refractivity contribution in [2.75, 3.05) is 31.7 Å². The van der Waals surface area contributed by atoms with Crippen LogP contribution in [0.4, 0.5) is 10.1 Å². The smallest absolute Gasteiger partial charge is 0.139 e. The van der Waals surface area contributed by atoms with Gasteiger partial charge in [-0.05, 0) is 40.5 Å². The molecule has 0 radical (unpaired) electrons. The fourth-order valence-corrected chi connectivity index (χ4v) is 1.72. The third kappa shape index (κ3) is 4.08. The lowest BCUT2D eigenvalue weighted by atomic mass is 10.2. The van der Waals surface area contributed by atoms with Crippen molar-refractivity contribution in [2.24, 2.45) is 0 Å². The van der Waals surface area contributed by atoms with Crippen LogP contribution in [0.3, 0.4) is 0 Å². The molecule has 3 nitrogen and oxygen atoms in total. The Morgan fingerprint density at radius 1 is 1.44 bits per heavy atom. The van der Waals surface area contributed by atoms with Crippen LogP contribution in [0.1, 0.15) is 5.56 Å². The van der Waals surface area contributed by atoms with E-state index in [9.17, 15) is 4.39 Å². The van der Waals surface area contributed by atoms with Crippen LogP contribution in [0, 0.1) is 12.7 Å². The number of anilines is 1. The molecule has 0 spiro atoms. The number of nitrogens with one attached hydrogen (secondary N) is 1. The maximum Gasteiger partial charge on any atom is 0.139 e. The van der Waals surface area contributed by atoms with Crippen molar-refractivity contribution in [3.8, 4) is 0 Å². The van der Waals surface area contributed by atoms with Crippen molar-refractivity contribution in [2.45, 2.75) is 6.92 Å². The van der Waals surface area contributed by atoms with Gasteiger partial charge in [0.2, 0.25) is 0 Å². The normalized spacial score (nSPS) is 10.5. The third-order valence-corrected chi connectivity index (χ3v) is 2.67. The first-order valence-corrected chi connectivity index (χ1v) is 5.82. The predicted octanol–water partition coefficient (Wildman–Crippen LogP) is 2.32. The highest BCUT2D eigenvalue weighted by Gasteiger charge is 2.04. The zero-order chi connectivity index (χ0) is 12.0. The third-order valence-electron chi connectivity index (χ3n) is 2.06. The van der Waals surface area contributed by atoms with E-state index in [0.717, 1.165) is 11.3 Å². The van der Waals surface area contributed by atoms with Gasteiger partial charge >= 0.3 is 0 Å². The number of rotatable bonds is 6. The van der Waals surface area contributed by atoms with Crippen LogP contribution >= 0.6 is 15.9 Å². The number of ether oxygens (including phenoxy) is 1. The van der Waals surface area contributed by atoms with Gasteiger partial charge in [0, 0.05) is 12.2 Å². The van der Waals surface area contributed by atoms with Gasteiger partial charge in [-0.3, -0.25) is 0 Å². The lowest BCUT2D eigenvalue weighted by Crippen LogP contribution is -2.12. The van der Waals surface area contributed by atoms with Gasteiger partial charge in [0.05, 0.1) is 24.3 Å². The summed E-state index contributed by atoms with van der Waals surface area (Å²) in [5.41, 5.74) is 1.73. The van der Waals surface area contributed by atoms with Gasteiger partial charge < -0.3 is 15.2 Å². The highest BCUT2D eigenvalue weighted by atomic mass is 79.9. The van der Waals surface area contributed by atoms with Gasteiger partial charge in [-0.25, -0.2) is 4.39 Å². The second-order valence-corrected chi connectivity index (χ2v) is 4.20. The second-order valence-electron chi connectivity index (χ2n) is 3.34. The van der Waals surface area contributed by atoms with Crippen molar-refractivity contribution < 1.29 is 14.2 Å². The second kappa shape index (κ2) is 6.83. The van der Waals surface area contributed by atoms with Gasteiger partial charge in [-0.1, -0.05) is 0 Å². The topological polar surface area (TPSA) is 41.5 Å². The van der Waals surface area contributed by atoms with Crippen molar-refractivity contribution >= 4 is 21.6 Å². The molecular weight excluding hydrogens is 277 g/mol. The minimum absolute atomic E-state index is 0.0198. The molecule has 0 fully saturated rings.